The van der Waals surface area contributed by atoms with Gasteiger partial charge >= 0.3 is 12.1 Å². The molecule has 0 saturated carbocycles. The number of hydrogen-bond acceptors (Lipinski definition) is 7. The Balaban J connectivity index is 1.66. The van der Waals surface area contributed by atoms with E-state index in [2.05, 4.69) is 10.3 Å². The van der Waals surface area contributed by atoms with Crippen LogP contribution in [-0.2, 0) is 22.6 Å². The number of methoxy groups -OCH3 is 2. The quantitative estimate of drug-likeness (QED) is 0.123. The number of nitrogens with zero attached hydrogens (tertiary/aromatic N) is 1. The molecule has 3 aromatic carbocycles. The van der Waals surface area contributed by atoms with Crippen molar-refractivity contribution >= 4 is 28.3 Å². The maximum Gasteiger partial charge on any atom is 0.408 e. The van der Waals surface area contributed by atoms with Crippen LogP contribution in [0.1, 0.15) is 41.8 Å². The molecule has 0 aliphatic rings. The van der Waals surface area contributed by atoms with E-state index in [-0.39, 0.29) is 6.42 Å². The predicted octanol–water partition coefficient (Wildman–Crippen LogP) is 6.91. The Kier molecular flexibility index (Phi) is 11.4. The largest absolute Gasteiger partial charge is 0.496 e. The summed E-state index contributed by atoms with van der Waals surface area (Å²) in [6.07, 6.45) is -4.00. The highest BCUT2D eigenvalue weighted by Gasteiger charge is 2.38. The van der Waals surface area contributed by atoms with E-state index in [9.17, 15) is 36.6 Å². The summed E-state index contributed by atoms with van der Waals surface area (Å²) in [5.74, 6) is -4.93. The minimum absolute atomic E-state index is 0.325. The Morgan fingerprint density at radius 1 is 0.958 bits per heavy atom. The second kappa shape index (κ2) is 15.3. The van der Waals surface area contributed by atoms with Crippen molar-refractivity contribution in [2.45, 2.75) is 51.6 Å². The third-order valence-corrected chi connectivity index (χ3v) is 7.59. The van der Waals surface area contributed by atoms with Gasteiger partial charge in [0.05, 0.1) is 32.1 Å². The number of carboxylic acids is 1. The number of carbonyl (C=O) groups excluding carboxylic acids is 1. The molecule has 1 unspecified atom stereocenters. The molecule has 0 spiro atoms. The highest BCUT2D eigenvalue weighted by Crippen LogP contribution is 2.42. The SMILES string of the molecule is CCOCc1cc(OC)c(-c2ncc(C[C@H](NC(=O)c3c(F)cc(NC(CC)C(F)(F)F)cc3F)C(=O)O)c3ccccc23)c(OC)c1. The van der Waals surface area contributed by atoms with Gasteiger partial charge in [-0.3, -0.25) is 9.78 Å². The zero-order valence-electron chi connectivity index (χ0n) is 26.5. The summed E-state index contributed by atoms with van der Waals surface area (Å²) in [5.41, 5.74) is 0.533. The third-order valence-electron chi connectivity index (χ3n) is 7.59. The second-order valence-electron chi connectivity index (χ2n) is 10.7. The number of halogens is 5. The lowest BCUT2D eigenvalue weighted by Gasteiger charge is -2.22. The van der Waals surface area contributed by atoms with Crippen molar-refractivity contribution in [3.63, 3.8) is 0 Å². The fourth-order valence-corrected chi connectivity index (χ4v) is 5.26. The number of hydrogen-bond donors (Lipinski definition) is 3. The number of aromatic nitrogens is 1. The van der Waals surface area contributed by atoms with Crippen LogP contribution in [0.2, 0.25) is 0 Å². The molecule has 4 rings (SSSR count). The summed E-state index contributed by atoms with van der Waals surface area (Å²) < 4.78 is 86.1. The lowest BCUT2D eigenvalue weighted by Crippen LogP contribution is -2.43. The lowest BCUT2D eigenvalue weighted by molar-refractivity contribution is -0.143. The highest BCUT2D eigenvalue weighted by atomic mass is 19.4. The molecule has 0 bridgehead atoms. The van der Waals surface area contributed by atoms with Gasteiger partial charge in [-0.05, 0) is 54.1 Å². The van der Waals surface area contributed by atoms with Crippen molar-refractivity contribution in [1.82, 2.24) is 10.3 Å². The first-order valence-electron chi connectivity index (χ1n) is 14.9. The normalized spacial score (nSPS) is 12.8. The van der Waals surface area contributed by atoms with Crippen LogP contribution in [0.5, 0.6) is 11.5 Å². The molecular formula is C34H34F5N3O6. The molecule has 256 valence electrons. The molecule has 48 heavy (non-hydrogen) atoms. The zero-order chi connectivity index (χ0) is 35.2. The van der Waals surface area contributed by atoms with E-state index in [0.29, 0.717) is 64.4 Å². The third kappa shape index (κ3) is 7.93. The van der Waals surface area contributed by atoms with Crippen molar-refractivity contribution < 1.29 is 50.9 Å². The van der Waals surface area contributed by atoms with Gasteiger partial charge in [0.15, 0.2) is 0 Å². The van der Waals surface area contributed by atoms with E-state index in [1.807, 2.05) is 12.2 Å². The van der Waals surface area contributed by atoms with Gasteiger partial charge in [0.25, 0.3) is 5.91 Å². The number of rotatable bonds is 14. The van der Waals surface area contributed by atoms with Gasteiger partial charge in [0.2, 0.25) is 0 Å². The summed E-state index contributed by atoms with van der Waals surface area (Å²) in [6.45, 7) is 3.95. The van der Waals surface area contributed by atoms with Gasteiger partial charge in [-0.2, -0.15) is 13.2 Å². The molecule has 14 heteroatoms. The van der Waals surface area contributed by atoms with Gasteiger partial charge in [-0.15, -0.1) is 0 Å². The number of pyridine rings is 1. The minimum atomic E-state index is -4.68. The van der Waals surface area contributed by atoms with E-state index < -0.39 is 59.4 Å². The summed E-state index contributed by atoms with van der Waals surface area (Å²) >= 11 is 0. The minimum Gasteiger partial charge on any atom is -0.496 e. The van der Waals surface area contributed by atoms with Gasteiger partial charge in [0, 0.05) is 30.3 Å². The van der Waals surface area contributed by atoms with Crippen LogP contribution >= 0.6 is 0 Å². The number of amides is 1. The molecule has 3 N–H and O–H groups in total. The van der Waals surface area contributed by atoms with E-state index in [1.54, 1.807) is 36.4 Å². The second-order valence-corrected chi connectivity index (χ2v) is 10.7. The standard InChI is InChI=1S/C34H34F5N3O6/c1-5-28(34(37,38)39)41-20-14-23(35)29(24(36)15-20)32(43)42-25(33(44)45)13-19-16-40-31(22-10-8-7-9-21(19)22)30-26(46-3)11-18(17-48-6-2)12-27(30)47-4/h7-12,14-16,25,28,41H,5-6,13,17H2,1-4H3,(H,42,43)(H,44,45)/t25-,28?/m0/s1. The fraction of sp³-hybridized carbons (Fsp3) is 0.324. The summed E-state index contributed by atoms with van der Waals surface area (Å²) in [7, 11) is 3.00. The summed E-state index contributed by atoms with van der Waals surface area (Å²) in [4.78, 5) is 29.8. The molecule has 1 amide bonds. The van der Waals surface area contributed by atoms with Crippen molar-refractivity contribution in [1.29, 1.82) is 0 Å². The molecule has 0 radical (unpaired) electrons. The average Bonchev–Trinajstić information content (AvgIpc) is 3.04. The lowest BCUT2D eigenvalue weighted by atomic mass is 9.95. The van der Waals surface area contributed by atoms with Crippen LogP contribution in [0, 0.1) is 11.6 Å². The molecule has 9 nitrogen and oxygen atoms in total. The molecule has 0 aliphatic heterocycles. The Morgan fingerprint density at radius 2 is 1.56 bits per heavy atom. The first kappa shape index (κ1) is 35.9. The Hall–Kier alpha value is -4.98. The molecule has 2 atom stereocenters. The predicted molar refractivity (Wildman–Crippen MR) is 168 cm³/mol. The fourth-order valence-electron chi connectivity index (χ4n) is 5.26. The van der Waals surface area contributed by atoms with E-state index in [1.165, 1.54) is 27.3 Å². The Bertz CT molecular complexity index is 1750. The van der Waals surface area contributed by atoms with Crippen LogP contribution in [-0.4, -0.2) is 61.1 Å². The maximum absolute atomic E-state index is 14.9. The van der Waals surface area contributed by atoms with Crippen LogP contribution in [0.4, 0.5) is 27.6 Å². The molecule has 0 fully saturated rings. The number of carbonyl (C=O) groups is 2. The highest BCUT2D eigenvalue weighted by molar-refractivity contribution is 6.00. The molecule has 0 aliphatic carbocycles. The number of anilines is 1. The molecule has 4 aromatic rings. The van der Waals surface area contributed by atoms with Crippen LogP contribution in [0.25, 0.3) is 22.0 Å². The molecule has 0 saturated heterocycles. The van der Waals surface area contributed by atoms with Gasteiger partial charge in [0.1, 0.15) is 40.8 Å². The average molecular weight is 676 g/mol. The van der Waals surface area contributed by atoms with Crippen LogP contribution in [0.3, 0.4) is 0 Å². The van der Waals surface area contributed by atoms with Crippen molar-refractivity contribution in [2.75, 3.05) is 26.1 Å². The first-order valence-corrected chi connectivity index (χ1v) is 14.9. The number of nitrogens with one attached hydrogen (secondary N) is 2. The van der Waals surface area contributed by atoms with Crippen molar-refractivity contribution in [3.8, 4) is 22.8 Å². The molecule has 1 heterocycles. The molecule has 1 aromatic heterocycles. The van der Waals surface area contributed by atoms with Gasteiger partial charge in [-0.25, -0.2) is 13.6 Å². The Labute approximate surface area is 273 Å². The van der Waals surface area contributed by atoms with Gasteiger partial charge in [-0.1, -0.05) is 31.2 Å². The van der Waals surface area contributed by atoms with Crippen molar-refractivity contribution in [2.24, 2.45) is 0 Å². The van der Waals surface area contributed by atoms with Crippen molar-refractivity contribution in [3.05, 3.63) is 83.1 Å². The maximum atomic E-state index is 14.9. The number of alkyl halides is 3. The van der Waals surface area contributed by atoms with Gasteiger partial charge < -0.3 is 30.0 Å². The summed E-state index contributed by atoms with van der Waals surface area (Å²) in [6, 6.07) is 7.93. The first-order chi connectivity index (χ1) is 22.8. The number of ether oxygens (including phenoxy) is 3. The number of carboxylic acid groups (broad SMARTS) is 1. The number of benzene rings is 3. The van der Waals surface area contributed by atoms with E-state index in [4.69, 9.17) is 14.2 Å². The number of fused-ring (bicyclic) bond motifs is 1. The van der Waals surface area contributed by atoms with Crippen LogP contribution in [0.15, 0.2) is 54.7 Å². The number of aliphatic carboxylic acids is 1. The molecular weight excluding hydrogens is 641 g/mol. The van der Waals surface area contributed by atoms with E-state index in [0.717, 1.165) is 5.56 Å². The monoisotopic (exact) mass is 675 g/mol. The smallest absolute Gasteiger partial charge is 0.408 e. The topological polar surface area (TPSA) is 119 Å². The zero-order valence-corrected chi connectivity index (χ0v) is 26.5. The Morgan fingerprint density at radius 3 is 2.08 bits per heavy atom. The van der Waals surface area contributed by atoms with E-state index >= 15 is 0 Å². The van der Waals surface area contributed by atoms with Crippen LogP contribution < -0.4 is 20.1 Å². The summed E-state index contributed by atoms with van der Waals surface area (Å²) in [5, 5.41) is 15.3.